The summed E-state index contributed by atoms with van der Waals surface area (Å²) >= 11 is 0. The molecule has 0 saturated carbocycles. The Labute approximate surface area is 410 Å². The van der Waals surface area contributed by atoms with Crippen molar-refractivity contribution < 1.29 is 0 Å². The van der Waals surface area contributed by atoms with Gasteiger partial charge in [0, 0.05) is 0 Å². The zero-order valence-electron chi connectivity index (χ0n) is 38.6. The second-order valence-corrected chi connectivity index (χ2v) is 18.5. The van der Waals surface area contributed by atoms with E-state index in [2.05, 4.69) is 279 Å². The van der Waals surface area contributed by atoms with E-state index in [4.69, 9.17) is 0 Å². The third-order valence-electron chi connectivity index (χ3n) is 14.1. The van der Waals surface area contributed by atoms with Crippen LogP contribution in [0.25, 0.3) is 112 Å². The van der Waals surface area contributed by atoms with Gasteiger partial charge in [0.05, 0.1) is 0 Å². The average molecular weight is 887 g/mol. The Morgan fingerprint density at radius 2 is 0.414 bits per heavy atom. The summed E-state index contributed by atoms with van der Waals surface area (Å²) in [5, 5.41) is 0. The number of fused-ring (bicyclic) bond motifs is 6. The molecule has 70 heavy (non-hydrogen) atoms. The summed E-state index contributed by atoms with van der Waals surface area (Å²) in [4.78, 5) is 0. The smallest absolute Gasteiger partial charge is 0.00921 e. The second kappa shape index (κ2) is 17.5. The molecular formula is C70H46. The fourth-order valence-electron chi connectivity index (χ4n) is 10.7. The summed E-state index contributed by atoms with van der Waals surface area (Å²) < 4.78 is 0. The summed E-state index contributed by atoms with van der Waals surface area (Å²) in [7, 11) is 0. The summed E-state index contributed by atoms with van der Waals surface area (Å²) in [5.41, 5.74) is 29.4. The van der Waals surface area contributed by atoms with E-state index in [1.807, 2.05) is 0 Å². The first kappa shape index (κ1) is 41.1. The first-order valence-electron chi connectivity index (χ1n) is 24.2. The molecule has 0 saturated heterocycles. The normalized spacial score (nSPS) is 13.2. The molecule has 0 atom stereocenters. The first-order valence-corrected chi connectivity index (χ1v) is 24.2. The molecule has 0 nitrogen and oxygen atoms in total. The van der Waals surface area contributed by atoms with Crippen molar-refractivity contribution in [1.82, 2.24) is 0 Å². The third-order valence-corrected chi connectivity index (χ3v) is 14.1. The molecule has 0 N–H and O–H groups in total. The lowest BCUT2D eigenvalue weighted by atomic mass is 9.91. The number of hydrogen-bond donors (Lipinski definition) is 0. The van der Waals surface area contributed by atoms with Crippen LogP contribution in [0.1, 0.15) is 33.4 Å². The van der Waals surface area contributed by atoms with Crippen LogP contribution in [0.2, 0.25) is 0 Å². The van der Waals surface area contributed by atoms with Crippen LogP contribution in [0.4, 0.5) is 0 Å². The Bertz CT molecular complexity index is 3440. The Hall–Kier alpha value is -9.10. The predicted octanol–water partition coefficient (Wildman–Crippen LogP) is 18.8. The van der Waals surface area contributed by atoms with Crippen molar-refractivity contribution in [3.63, 3.8) is 0 Å². The monoisotopic (exact) mass is 886 g/mol. The van der Waals surface area contributed by atoms with E-state index >= 15 is 0 Å². The molecule has 0 bridgehead atoms. The zero-order chi connectivity index (χ0) is 46.4. The van der Waals surface area contributed by atoms with Crippen LogP contribution in [-0.2, 0) is 0 Å². The van der Waals surface area contributed by atoms with E-state index in [0.29, 0.717) is 0 Å². The Kier molecular flexibility index (Phi) is 10.3. The van der Waals surface area contributed by atoms with Gasteiger partial charge in [-0.2, -0.15) is 0 Å². The number of benzene rings is 11. The fraction of sp³-hybridized carbons (Fsp3) is 0. The quantitative estimate of drug-likeness (QED) is 0.143. The molecule has 0 unspecified atom stereocenters. The third kappa shape index (κ3) is 7.63. The number of rotatable bonds is 8. The minimum atomic E-state index is 1.18. The molecular weight excluding hydrogens is 841 g/mol. The average Bonchev–Trinajstić information content (AvgIpc) is 3.90. The molecule has 0 heteroatoms. The molecule has 0 heterocycles. The lowest BCUT2D eigenvalue weighted by molar-refractivity contribution is 1.56. The van der Waals surface area contributed by atoms with Crippen LogP contribution in [-0.4, -0.2) is 0 Å². The van der Waals surface area contributed by atoms with Crippen molar-refractivity contribution in [2.45, 2.75) is 0 Å². The first-order chi connectivity index (χ1) is 34.7. The Morgan fingerprint density at radius 3 is 0.714 bits per heavy atom. The van der Waals surface area contributed by atoms with Gasteiger partial charge in [-0.3, -0.25) is 0 Å². The summed E-state index contributed by atoms with van der Waals surface area (Å²) in [5.74, 6) is 0. The van der Waals surface area contributed by atoms with E-state index in [9.17, 15) is 0 Å². The maximum absolute atomic E-state index is 2.48. The molecule has 2 aliphatic carbocycles. The van der Waals surface area contributed by atoms with Crippen molar-refractivity contribution in [3.8, 4) is 89.0 Å². The zero-order valence-corrected chi connectivity index (χ0v) is 38.6. The summed E-state index contributed by atoms with van der Waals surface area (Å²) in [6.45, 7) is 0. The van der Waals surface area contributed by atoms with Crippen LogP contribution < -0.4 is 0 Å². The number of hydrogen-bond acceptors (Lipinski definition) is 0. The molecule has 326 valence electrons. The van der Waals surface area contributed by atoms with Crippen molar-refractivity contribution in [1.29, 1.82) is 0 Å². The highest BCUT2D eigenvalue weighted by atomic mass is 14.3. The molecule has 0 fully saturated rings. The van der Waals surface area contributed by atoms with Crippen LogP contribution in [0.5, 0.6) is 0 Å². The minimum absolute atomic E-state index is 1.18. The second-order valence-electron chi connectivity index (χ2n) is 18.5. The Balaban J connectivity index is 0.978. The van der Waals surface area contributed by atoms with Crippen molar-refractivity contribution in [2.75, 3.05) is 0 Å². The highest BCUT2D eigenvalue weighted by Crippen LogP contribution is 2.54. The van der Waals surface area contributed by atoms with Gasteiger partial charge in [-0.25, -0.2) is 0 Å². The lowest BCUT2D eigenvalue weighted by Gasteiger charge is -2.13. The Morgan fingerprint density at radius 1 is 0.157 bits per heavy atom. The van der Waals surface area contributed by atoms with Crippen LogP contribution in [0.15, 0.2) is 267 Å². The van der Waals surface area contributed by atoms with Gasteiger partial charge in [-0.05, 0) is 206 Å². The lowest BCUT2D eigenvalue weighted by Crippen LogP contribution is -1.88. The fourth-order valence-corrected chi connectivity index (χ4v) is 10.7. The molecule has 11 aromatic rings. The summed E-state index contributed by atoms with van der Waals surface area (Å²) in [6, 6.07) is 97.9. The SMILES string of the molecule is C(=C1\c2cc(-c3cc(-c4ccccc4)cc(-c4ccccc4)c3)ccc2-c2cc3c(cc21)-c1ccc(-c2cc(-c4ccccc4)cc(-c4ccccc4)c2)cc1/C3=C/c1ccccc1)/c1ccccc1. The van der Waals surface area contributed by atoms with Crippen LogP contribution in [0, 0.1) is 0 Å². The molecule has 0 amide bonds. The van der Waals surface area contributed by atoms with Crippen LogP contribution in [0.3, 0.4) is 0 Å². The van der Waals surface area contributed by atoms with Crippen molar-refractivity contribution >= 4 is 23.3 Å². The largest absolute Gasteiger partial charge is 0.0622 e. The van der Waals surface area contributed by atoms with Gasteiger partial charge in [0.1, 0.15) is 0 Å². The van der Waals surface area contributed by atoms with Gasteiger partial charge in [0.15, 0.2) is 0 Å². The topological polar surface area (TPSA) is 0 Å². The minimum Gasteiger partial charge on any atom is -0.0622 e. The van der Waals surface area contributed by atoms with Gasteiger partial charge in [0.2, 0.25) is 0 Å². The van der Waals surface area contributed by atoms with E-state index in [-0.39, 0.29) is 0 Å². The van der Waals surface area contributed by atoms with Crippen molar-refractivity contribution in [2.24, 2.45) is 0 Å². The molecule has 2 aliphatic rings. The maximum atomic E-state index is 2.48. The van der Waals surface area contributed by atoms with Gasteiger partial charge in [-0.15, -0.1) is 0 Å². The predicted molar refractivity (Wildman–Crippen MR) is 297 cm³/mol. The van der Waals surface area contributed by atoms with E-state index in [1.54, 1.807) is 0 Å². The highest BCUT2D eigenvalue weighted by Gasteiger charge is 2.31. The maximum Gasteiger partial charge on any atom is -0.00921 e. The van der Waals surface area contributed by atoms with Gasteiger partial charge in [-0.1, -0.05) is 206 Å². The molecule has 11 aromatic carbocycles. The van der Waals surface area contributed by atoms with Crippen LogP contribution >= 0.6 is 0 Å². The standard InChI is InChI=1S/C70H46/c1-7-19-47(20-8-1)35-63-65-43-53(59-39-55(49-23-11-3-12-24-49)37-56(40-59)50-25-13-4-14-26-50)31-33-61(65)67-46-70-64(36-48-21-9-2-10-22-48)66-44-54(32-34-62(66)68(70)45-69(63)67)60-41-57(51-27-15-5-16-28-51)38-58(42-60)52-29-17-6-18-30-52/h1-46H/b63-35-,64-36-. The molecule has 13 rings (SSSR count). The van der Waals surface area contributed by atoms with Gasteiger partial charge in [0.25, 0.3) is 0 Å². The highest BCUT2D eigenvalue weighted by molar-refractivity contribution is 6.14. The molecule has 0 aromatic heterocycles. The molecule has 0 radical (unpaired) electrons. The summed E-state index contributed by atoms with van der Waals surface area (Å²) in [6.07, 6.45) is 4.78. The molecule has 0 spiro atoms. The van der Waals surface area contributed by atoms with Gasteiger partial charge >= 0.3 is 0 Å². The van der Waals surface area contributed by atoms with E-state index < -0.39 is 0 Å². The van der Waals surface area contributed by atoms with E-state index in [1.165, 1.54) is 134 Å². The molecule has 0 aliphatic heterocycles. The van der Waals surface area contributed by atoms with Crippen molar-refractivity contribution in [3.05, 3.63) is 300 Å². The van der Waals surface area contributed by atoms with Gasteiger partial charge < -0.3 is 0 Å². The van der Waals surface area contributed by atoms with E-state index in [0.717, 1.165) is 0 Å².